The monoisotopic (exact) mass is 379 g/mol. The first-order valence-corrected chi connectivity index (χ1v) is 9.74. The van der Waals surface area contributed by atoms with Crippen LogP contribution >= 0.6 is 0 Å². The molecule has 2 heterocycles. The maximum atomic E-state index is 12.7. The molecular weight excluding hydrogens is 350 g/mol. The van der Waals surface area contributed by atoms with E-state index in [1.165, 1.54) is 5.56 Å². The van der Waals surface area contributed by atoms with Crippen LogP contribution in [0.4, 0.5) is 11.6 Å². The lowest BCUT2D eigenvalue weighted by molar-refractivity contribution is 0.102. The molecule has 0 fully saturated rings. The molecule has 6 heteroatoms. The molecule has 0 aliphatic carbocycles. The molecule has 0 saturated carbocycles. The average molecular weight is 380 g/mol. The zero-order valence-electron chi connectivity index (χ0n) is 17.3. The van der Waals surface area contributed by atoms with E-state index in [1.807, 2.05) is 36.4 Å². The van der Waals surface area contributed by atoms with E-state index < -0.39 is 0 Å². The third kappa shape index (κ3) is 4.68. The van der Waals surface area contributed by atoms with E-state index in [1.54, 1.807) is 10.7 Å². The number of carbonyl (C=O) groups excluding carboxylic acids is 1. The van der Waals surface area contributed by atoms with E-state index in [2.05, 4.69) is 55.3 Å². The molecule has 28 heavy (non-hydrogen) atoms. The Morgan fingerprint density at radius 1 is 1.14 bits per heavy atom. The minimum atomic E-state index is -0.176. The smallest absolute Gasteiger partial charge is 0.256 e. The van der Waals surface area contributed by atoms with Crippen LogP contribution in [0.1, 0.15) is 57.0 Å². The first-order chi connectivity index (χ1) is 13.2. The lowest BCUT2D eigenvalue weighted by Crippen LogP contribution is -2.16. The number of fused-ring (bicyclic) bond motifs is 1. The quantitative estimate of drug-likeness (QED) is 0.649. The fraction of sp³-hybridized carbons (Fsp3) is 0.409. The second-order valence-electron chi connectivity index (χ2n) is 8.52. The number of hydrogen-bond acceptors (Lipinski definition) is 4. The normalized spacial score (nSPS) is 11.8. The lowest BCUT2D eigenvalue weighted by atomic mass is 9.87. The molecular formula is C22H29N5O. The summed E-state index contributed by atoms with van der Waals surface area (Å²) in [4.78, 5) is 17.2. The van der Waals surface area contributed by atoms with Gasteiger partial charge in [-0.15, -0.1) is 0 Å². The maximum Gasteiger partial charge on any atom is 0.256 e. The van der Waals surface area contributed by atoms with E-state index in [-0.39, 0.29) is 11.3 Å². The van der Waals surface area contributed by atoms with Crippen molar-refractivity contribution in [3.63, 3.8) is 0 Å². The predicted octanol–water partition coefficient (Wildman–Crippen LogP) is 4.74. The Hall–Kier alpha value is -2.89. The predicted molar refractivity (Wildman–Crippen MR) is 114 cm³/mol. The van der Waals surface area contributed by atoms with Crippen LogP contribution in [0.25, 0.3) is 5.65 Å². The molecule has 148 valence electrons. The Labute approximate surface area is 166 Å². The molecule has 1 amide bonds. The van der Waals surface area contributed by atoms with Crippen LogP contribution < -0.4 is 10.6 Å². The van der Waals surface area contributed by atoms with E-state index in [4.69, 9.17) is 0 Å². The summed E-state index contributed by atoms with van der Waals surface area (Å²) >= 11 is 0. The second-order valence-corrected chi connectivity index (χ2v) is 8.52. The van der Waals surface area contributed by atoms with Crippen molar-refractivity contribution in [2.75, 3.05) is 17.2 Å². The topological polar surface area (TPSA) is 71.3 Å². The molecule has 0 saturated heterocycles. The summed E-state index contributed by atoms with van der Waals surface area (Å²) in [5.74, 6) is 1.75. The largest absolute Gasteiger partial charge is 0.370 e. The van der Waals surface area contributed by atoms with Crippen molar-refractivity contribution in [1.29, 1.82) is 0 Å². The SMILES string of the molecule is CC(C)CCNc1cc(NC(=O)c2ccc(C(C)(C)C)cc2)nc2ccnn12. The maximum absolute atomic E-state index is 12.7. The van der Waals surface area contributed by atoms with Gasteiger partial charge in [-0.05, 0) is 35.4 Å². The third-order valence-corrected chi connectivity index (χ3v) is 4.64. The molecule has 0 atom stereocenters. The summed E-state index contributed by atoms with van der Waals surface area (Å²) < 4.78 is 1.74. The van der Waals surface area contributed by atoms with Crippen LogP contribution in [0.5, 0.6) is 0 Å². The number of nitrogens with one attached hydrogen (secondary N) is 2. The van der Waals surface area contributed by atoms with Gasteiger partial charge in [-0.25, -0.2) is 4.98 Å². The fourth-order valence-electron chi connectivity index (χ4n) is 2.90. The van der Waals surface area contributed by atoms with Crippen LogP contribution in [0.2, 0.25) is 0 Å². The number of amides is 1. The number of benzene rings is 1. The van der Waals surface area contributed by atoms with Gasteiger partial charge in [-0.2, -0.15) is 9.61 Å². The lowest BCUT2D eigenvalue weighted by Gasteiger charge is -2.19. The van der Waals surface area contributed by atoms with Gasteiger partial charge >= 0.3 is 0 Å². The minimum Gasteiger partial charge on any atom is -0.370 e. The number of aromatic nitrogens is 3. The Kier molecular flexibility index (Phi) is 5.68. The van der Waals surface area contributed by atoms with Crippen LogP contribution in [0, 0.1) is 5.92 Å². The highest BCUT2D eigenvalue weighted by molar-refractivity contribution is 6.04. The number of carbonyl (C=O) groups is 1. The Morgan fingerprint density at radius 3 is 2.50 bits per heavy atom. The van der Waals surface area contributed by atoms with Crippen molar-refractivity contribution in [2.45, 2.75) is 46.5 Å². The molecule has 0 aliphatic rings. The molecule has 3 aromatic rings. The first-order valence-electron chi connectivity index (χ1n) is 9.74. The molecule has 2 aromatic heterocycles. The van der Waals surface area contributed by atoms with Crippen molar-refractivity contribution in [1.82, 2.24) is 14.6 Å². The third-order valence-electron chi connectivity index (χ3n) is 4.64. The van der Waals surface area contributed by atoms with Crippen molar-refractivity contribution < 1.29 is 4.79 Å². The Morgan fingerprint density at radius 2 is 1.86 bits per heavy atom. The number of nitrogens with zero attached hydrogens (tertiary/aromatic N) is 3. The van der Waals surface area contributed by atoms with Crippen molar-refractivity contribution in [2.24, 2.45) is 5.92 Å². The van der Waals surface area contributed by atoms with Crippen LogP contribution in [-0.2, 0) is 5.41 Å². The van der Waals surface area contributed by atoms with Gasteiger partial charge in [0.2, 0.25) is 0 Å². The molecule has 0 radical (unpaired) electrons. The average Bonchev–Trinajstić information content (AvgIpc) is 3.09. The minimum absolute atomic E-state index is 0.0557. The number of hydrogen-bond donors (Lipinski definition) is 2. The molecule has 0 spiro atoms. The molecule has 0 aliphatic heterocycles. The zero-order chi connectivity index (χ0) is 20.3. The highest BCUT2D eigenvalue weighted by Gasteiger charge is 2.15. The Bertz CT molecular complexity index is 951. The molecule has 3 rings (SSSR count). The van der Waals surface area contributed by atoms with Gasteiger partial charge < -0.3 is 10.6 Å². The summed E-state index contributed by atoms with van der Waals surface area (Å²) in [6, 6.07) is 11.4. The van der Waals surface area contributed by atoms with Crippen LogP contribution in [-0.4, -0.2) is 27.0 Å². The van der Waals surface area contributed by atoms with Gasteiger partial charge in [0.15, 0.2) is 5.65 Å². The van der Waals surface area contributed by atoms with Crippen molar-refractivity contribution in [3.05, 3.63) is 53.7 Å². The van der Waals surface area contributed by atoms with Gasteiger partial charge in [-0.3, -0.25) is 4.79 Å². The molecule has 0 bridgehead atoms. The van der Waals surface area contributed by atoms with E-state index >= 15 is 0 Å². The molecule has 0 unspecified atom stereocenters. The van der Waals surface area contributed by atoms with Gasteiger partial charge in [-0.1, -0.05) is 46.8 Å². The van der Waals surface area contributed by atoms with Gasteiger partial charge in [0.05, 0.1) is 6.20 Å². The summed E-state index contributed by atoms with van der Waals surface area (Å²) in [7, 11) is 0. The highest BCUT2D eigenvalue weighted by Crippen LogP contribution is 2.23. The summed E-state index contributed by atoms with van der Waals surface area (Å²) in [6.45, 7) is 11.7. The fourth-order valence-corrected chi connectivity index (χ4v) is 2.90. The van der Waals surface area contributed by atoms with Crippen molar-refractivity contribution >= 4 is 23.2 Å². The first kappa shape index (κ1) is 19.9. The number of rotatable bonds is 6. The van der Waals surface area contributed by atoms with Gasteiger partial charge in [0.1, 0.15) is 11.6 Å². The standard InChI is InChI=1S/C22H29N5O/c1-15(2)10-12-23-20-14-18(25-19-11-13-24-27(19)20)26-21(28)16-6-8-17(9-7-16)22(3,4)5/h6-9,11,13-15,23H,10,12H2,1-5H3,(H,25,26,28). The van der Waals surface area contributed by atoms with E-state index in [9.17, 15) is 4.79 Å². The summed E-state index contributed by atoms with van der Waals surface area (Å²) in [5.41, 5.74) is 2.55. The molecule has 1 aromatic carbocycles. The van der Waals surface area contributed by atoms with Crippen LogP contribution in [0.15, 0.2) is 42.6 Å². The highest BCUT2D eigenvalue weighted by atomic mass is 16.1. The zero-order valence-corrected chi connectivity index (χ0v) is 17.3. The molecule has 2 N–H and O–H groups in total. The number of anilines is 2. The van der Waals surface area contributed by atoms with Crippen LogP contribution in [0.3, 0.4) is 0 Å². The second kappa shape index (κ2) is 8.00. The van der Waals surface area contributed by atoms with E-state index in [0.717, 1.165) is 18.8 Å². The summed E-state index contributed by atoms with van der Waals surface area (Å²) in [6.07, 6.45) is 2.75. The van der Waals surface area contributed by atoms with E-state index in [0.29, 0.717) is 22.9 Å². The Balaban J connectivity index is 1.78. The van der Waals surface area contributed by atoms with Gasteiger partial charge in [0.25, 0.3) is 5.91 Å². The molecule has 6 nitrogen and oxygen atoms in total. The summed E-state index contributed by atoms with van der Waals surface area (Å²) in [5, 5.41) is 10.6. The van der Waals surface area contributed by atoms with Gasteiger partial charge in [0, 0.05) is 24.2 Å². The van der Waals surface area contributed by atoms with Crippen molar-refractivity contribution in [3.8, 4) is 0 Å².